The Bertz CT molecular complexity index is 1020. The number of benzene rings is 2. The molecular weight excluding hydrogens is 419 g/mol. The average molecular weight is 443 g/mol. The number of sulfonamides is 1. The first-order valence-corrected chi connectivity index (χ1v) is 10.7. The van der Waals surface area contributed by atoms with E-state index in [0.717, 1.165) is 18.2 Å². The lowest BCUT2D eigenvalue weighted by Crippen LogP contribution is -2.30. The maximum Gasteiger partial charge on any atom is 0.416 e. The van der Waals surface area contributed by atoms with Crippen LogP contribution in [0, 0.1) is 0 Å². The molecular formula is C20H24F3N3O3S. The number of hydrogen-bond acceptors (Lipinski definition) is 4. The summed E-state index contributed by atoms with van der Waals surface area (Å²) in [5, 5.41) is 2.54. The highest BCUT2D eigenvalue weighted by Gasteiger charge is 2.31. The fraction of sp³-hybridized carbons (Fsp3) is 0.350. The highest BCUT2D eigenvalue weighted by Crippen LogP contribution is 2.31. The maximum atomic E-state index is 12.9. The molecule has 0 heterocycles. The van der Waals surface area contributed by atoms with Gasteiger partial charge in [0, 0.05) is 32.7 Å². The minimum Gasteiger partial charge on any atom is -0.376 e. The number of anilines is 2. The van der Waals surface area contributed by atoms with E-state index in [2.05, 4.69) is 5.32 Å². The van der Waals surface area contributed by atoms with Gasteiger partial charge in [-0.25, -0.2) is 8.42 Å². The molecule has 0 radical (unpaired) electrons. The number of carbonyl (C=O) groups excluding carboxylic acids is 1. The molecule has 2 aromatic carbocycles. The number of nitrogens with zero attached hydrogens (tertiary/aromatic N) is 2. The van der Waals surface area contributed by atoms with Gasteiger partial charge < -0.3 is 10.2 Å². The van der Waals surface area contributed by atoms with Gasteiger partial charge in [-0.15, -0.1) is 0 Å². The molecule has 0 aliphatic rings. The summed E-state index contributed by atoms with van der Waals surface area (Å²) in [7, 11) is -0.373. The second-order valence-corrected chi connectivity index (χ2v) is 8.63. The van der Waals surface area contributed by atoms with Gasteiger partial charge in [0.2, 0.25) is 10.0 Å². The molecule has 2 aromatic rings. The normalized spacial score (nSPS) is 12.1. The number of nitrogens with one attached hydrogen (secondary N) is 1. The summed E-state index contributed by atoms with van der Waals surface area (Å²) in [6, 6.07) is 8.32. The number of halogens is 3. The Morgan fingerprint density at radius 2 is 1.67 bits per heavy atom. The lowest BCUT2D eigenvalue weighted by Gasteiger charge is -2.22. The SMILES string of the molecule is CCN(CC)S(=O)(=O)c1ccc(N(C)C)c(NC(=O)c2cccc(C(F)(F)F)c2)c1. The molecule has 164 valence electrons. The summed E-state index contributed by atoms with van der Waals surface area (Å²) in [6.07, 6.45) is -4.58. The van der Waals surface area contributed by atoms with Crippen molar-refractivity contribution in [3.8, 4) is 0 Å². The van der Waals surface area contributed by atoms with Crippen LogP contribution in [0.25, 0.3) is 0 Å². The molecule has 0 aliphatic carbocycles. The second-order valence-electron chi connectivity index (χ2n) is 6.70. The van der Waals surface area contributed by atoms with Gasteiger partial charge in [0.05, 0.1) is 21.8 Å². The monoisotopic (exact) mass is 443 g/mol. The van der Waals surface area contributed by atoms with E-state index < -0.39 is 27.7 Å². The summed E-state index contributed by atoms with van der Waals surface area (Å²) in [4.78, 5) is 14.3. The molecule has 1 N–H and O–H groups in total. The minimum absolute atomic E-state index is 0.0175. The van der Waals surface area contributed by atoms with E-state index in [-0.39, 0.29) is 29.2 Å². The third-order valence-electron chi connectivity index (χ3n) is 4.49. The summed E-state index contributed by atoms with van der Waals surface area (Å²) in [5.74, 6) is -0.776. The minimum atomic E-state index is -4.58. The Balaban J connectivity index is 2.46. The van der Waals surface area contributed by atoms with Crippen molar-refractivity contribution in [2.45, 2.75) is 24.9 Å². The predicted octanol–water partition coefficient (Wildman–Crippen LogP) is 4.05. The Morgan fingerprint density at radius 1 is 1.03 bits per heavy atom. The molecule has 2 rings (SSSR count). The fourth-order valence-electron chi connectivity index (χ4n) is 2.91. The molecule has 0 unspecified atom stereocenters. The maximum absolute atomic E-state index is 12.9. The predicted molar refractivity (Wildman–Crippen MR) is 110 cm³/mol. The smallest absolute Gasteiger partial charge is 0.376 e. The number of hydrogen-bond donors (Lipinski definition) is 1. The Labute approximate surface area is 174 Å². The first-order valence-electron chi connectivity index (χ1n) is 9.22. The van der Waals surface area contributed by atoms with Gasteiger partial charge in [0.25, 0.3) is 5.91 Å². The van der Waals surface area contributed by atoms with Crippen LogP contribution in [0.3, 0.4) is 0 Å². The van der Waals surface area contributed by atoms with Gasteiger partial charge in [0.15, 0.2) is 0 Å². The van der Waals surface area contributed by atoms with Crippen LogP contribution >= 0.6 is 0 Å². The summed E-state index contributed by atoms with van der Waals surface area (Å²) >= 11 is 0. The molecule has 0 saturated heterocycles. The van der Waals surface area contributed by atoms with Crippen LogP contribution in [-0.2, 0) is 16.2 Å². The fourth-order valence-corrected chi connectivity index (χ4v) is 4.39. The van der Waals surface area contributed by atoms with Gasteiger partial charge in [-0.05, 0) is 36.4 Å². The van der Waals surface area contributed by atoms with Crippen LogP contribution in [0.4, 0.5) is 24.5 Å². The highest BCUT2D eigenvalue weighted by molar-refractivity contribution is 7.89. The van der Waals surface area contributed by atoms with Crippen LogP contribution in [0.2, 0.25) is 0 Å². The standard InChI is InChI=1S/C20H24F3N3O3S/c1-5-26(6-2)30(28,29)16-10-11-18(25(3)4)17(13-16)24-19(27)14-8-7-9-15(12-14)20(21,22)23/h7-13H,5-6H2,1-4H3,(H,24,27). The number of rotatable bonds is 7. The lowest BCUT2D eigenvalue weighted by molar-refractivity contribution is -0.137. The molecule has 0 bridgehead atoms. The van der Waals surface area contributed by atoms with E-state index >= 15 is 0 Å². The van der Waals surface area contributed by atoms with Gasteiger partial charge in [-0.3, -0.25) is 4.79 Å². The largest absolute Gasteiger partial charge is 0.416 e. The zero-order valence-corrected chi connectivity index (χ0v) is 17.9. The first-order chi connectivity index (χ1) is 13.9. The van der Waals surface area contributed by atoms with Crippen molar-refractivity contribution in [1.82, 2.24) is 4.31 Å². The van der Waals surface area contributed by atoms with Gasteiger partial charge in [-0.2, -0.15) is 17.5 Å². The van der Waals surface area contributed by atoms with Crippen molar-refractivity contribution < 1.29 is 26.4 Å². The number of amides is 1. The molecule has 0 saturated carbocycles. The topological polar surface area (TPSA) is 69.7 Å². The summed E-state index contributed by atoms with van der Waals surface area (Å²) in [5.41, 5.74) is -0.447. The molecule has 30 heavy (non-hydrogen) atoms. The van der Waals surface area contributed by atoms with E-state index in [4.69, 9.17) is 0 Å². The zero-order valence-electron chi connectivity index (χ0n) is 17.1. The van der Waals surface area contributed by atoms with Crippen LogP contribution in [0.5, 0.6) is 0 Å². The lowest BCUT2D eigenvalue weighted by atomic mass is 10.1. The molecule has 0 aromatic heterocycles. The van der Waals surface area contributed by atoms with Gasteiger partial charge in [0.1, 0.15) is 0 Å². The van der Waals surface area contributed by atoms with E-state index in [1.807, 2.05) is 0 Å². The van der Waals surface area contributed by atoms with Gasteiger partial charge >= 0.3 is 6.18 Å². The van der Waals surface area contributed by atoms with E-state index in [1.165, 1.54) is 28.6 Å². The molecule has 0 atom stereocenters. The molecule has 0 aliphatic heterocycles. The molecule has 1 amide bonds. The number of carbonyl (C=O) groups is 1. The molecule has 10 heteroatoms. The van der Waals surface area contributed by atoms with Crippen LogP contribution in [0.1, 0.15) is 29.8 Å². The highest BCUT2D eigenvalue weighted by atomic mass is 32.2. The third-order valence-corrected chi connectivity index (χ3v) is 6.54. The van der Waals surface area contributed by atoms with E-state index in [0.29, 0.717) is 5.69 Å². The van der Waals surface area contributed by atoms with Crippen molar-refractivity contribution >= 4 is 27.3 Å². The Kier molecular flexibility index (Phi) is 7.14. The average Bonchev–Trinajstić information content (AvgIpc) is 2.67. The Hall–Kier alpha value is -2.59. The quantitative estimate of drug-likeness (QED) is 0.701. The molecule has 6 nitrogen and oxygen atoms in total. The number of alkyl halides is 3. The van der Waals surface area contributed by atoms with Crippen molar-refractivity contribution in [2.24, 2.45) is 0 Å². The third kappa shape index (κ3) is 5.11. The van der Waals surface area contributed by atoms with Crippen LogP contribution < -0.4 is 10.2 Å². The molecule has 0 fully saturated rings. The zero-order chi connectivity index (χ0) is 22.7. The van der Waals surface area contributed by atoms with E-state index in [1.54, 1.807) is 32.8 Å². The van der Waals surface area contributed by atoms with Crippen LogP contribution in [0.15, 0.2) is 47.4 Å². The second kappa shape index (κ2) is 9.05. The van der Waals surface area contributed by atoms with Crippen molar-refractivity contribution in [2.75, 3.05) is 37.4 Å². The van der Waals surface area contributed by atoms with Crippen molar-refractivity contribution in [3.63, 3.8) is 0 Å². The summed E-state index contributed by atoms with van der Waals surface area (Å²) < 4.78 is 65.7. The van der Waals surface area contributed by atoms with Gasteiger partial charge in [-0.1, -0.05) is 19.9 Å². The first kappa shape index (κ1) is 23.7. The molecule has 0 spiro atoms. The summed E-state index contributed by atoms with van der Waals surface area (Å²) in [6.45, 7) is 3.98. The van der Waals surface area contributed by atoms with E-state index in [9.17, 15) is 26.4 Å². The van der Waals surface area contributed by atoms with Crippen molar-refractivity contribution in [1.29, 1.82) is 0 Å². The van der Waals surface area contributed by atoms with Crippen LogP contribution in [-0.4, -0.2) is 45.8 Å². The Morgan fingerprint density at radius 3 is 2.20 bits per heavy atom. The van der Waals surface area contributed by atoms with Crippen molar-refractivity contribution in [3.05, 3.63) is 53.6 Å².